The van der Waals surface area contributed by atoms with E-state index in [1.54, 1.807) is 6.07 Å². The Labute approximate surface area is 136 Å². The molecule has 4 heteroatoms. The topological polar surface area (TPSA) is 60.4 Å². The van der Waals surface area contributed by atoms with Crippen molar-refractivity contribution in [3.05, 3.63) is 35.4 Å². The van der Waals surface area contributed by atoms with Gasteiger partial charge in [-0.2, -0.15) is 0 Å². The highest BCUT2D eigenvalue weighted by atomic mass is 16.5. The molecule has 2 aliphatic carbocycles. The third kappa shape index (κ3) is 2.60. The van der Waals surface area contributed by atoms with Crippen LogP contribution in [0.1, 0.15) is 49.0 Å². The maximum Gasteiger partial charge on any atom is 0.320 e. The quantitative estimate of drug-likeness (QED) is 0.633. The fourth-order valence-electron chi connectivity index (χ4n) is 3.78. The van der Waals surface area contributed by atoms with Crippen molar-refractivity contribution in [2.24, 2.45) is 17.3 Å². The van der Waals surface area contributed by atoms with Gasteiger partial charge in [0.2, 0.25) is 0 Å². The van der Waals surface area contributed by atoms with E-state index in [0.29, 0.717) is 37.9 Å². The van der Waals surface area contributed by atoms with Gasteiger partial charge in [0.15, 0.2) is 5.78 Å². The fraction of sp³-hybridized carbons (Fsp3) is 0.526. The Hall–Kier alpha value is -1.97. The summed E-state index contributed by atoms with van der Waals surface area (Å²) >= 11 is 0. The zero-order valence-electron chi connectivity index (χ0n) is 13.6. The first-order valence-corrected chi connectivity index (χ1v) is 8.26. The highest BCUT2D eigenvalue weighted by Crippen LogP contribution is 2.49. The van der Waals surface area contributed by atoms with Gasteiger partial charge in [-0.15, -0.1) is 0 Å². The first kappa shape index (κ1) is 15.9. The molecule has 0 aromatic heterocycles. The van der Waals surface area contributed by atoms with E-state index in [0.717, 1.165) is 5.56 Å². The van der Waals surface area contributed by atoms with Crippen LogP contribution >= 0.6 is 0 Å². The second-order valence-electron chi connectivity index (χ2n) is 7.11. The molecule has 0 aliphatic heterocycles. The molecule has 0 heterocycles. The Morgan fingerprint density at radius 3 is 2.65 bits per heavy atom. The average Bonchev–Trinajstić information content (AvgIpc) is 3.08. The monoisotopic (exact) mass is 314 g/mol. The van der Waals surface area contributed by atoms with E-state index in [2.05, 4.69) is 0 Å². The van der Waals surface area contributed by atoms with Crippen LogP contribution in [-0.4, -0.2) is 24.1 Å². The molecule has 4 nitrogen and oxygen atoms in total. The number of benzene rings is 1. The minimum Gasteiger partial charge on any atom is -0.465 e. The van der Waals surface area contributed by atoms with Gasteiger partial charge in [0, 0.05) is 18.4 Å². The molecular formula is C19H22O4. The number of hydrogen-bond donors (Lipinski definition) is 0. The Morgan fingerprint density at radius 1 is 1.30 bits per heavy atom. The SMILES string of the molecule is CC(C)COC(=O)C1(C2CCC(=O)C2)Cc2ccccc2C1=O. The van der Waals surface area contributed by atoms with Gasteiger partial charge < -0.3 is 4.74 Å². The Morgan fingerprint density at radius 2 is 2.04 bits per heavy atom. The number of carbonyl (C=O) groups excluding carboxylic acids is 3. The van der Waals surface area contributed by atoms with Crippen molar-refractivity contribution >= 4 is 17.5 Å². The second kappa shape index (κ2) is 5.91. The predicted octanol–water partition coefficient (Wildman–Crippen LogP) is 2.98. The van der Waals surface area contributed by atoms with E-state index < -0.39 is 11.4 Å². The van der Waals surface area contributed by atoms with Gasteiger partial charge in [0.05, 0.1) is 6.61 Å². The summed E-state index contributed by atoms with van der Waals surface area (Å²) in [7, 11) is 0. The third-order valence-electron chi connectivity index (χ3n) is 4.99. The highest BCUT2D eigenvalue weighted by Gasteiger charge is 2.58. The van der Waals surface area contributed by atoms with E-state index in [4.69, 9.17) is 4.74 Å². The van der Waals surface area contributed by atoms with Crippen LogP contribution in [0.3, 0.4) is 0 Å². The lowest BCUT2D eigenvalue weighted by atomic mass is 9.71. The molecule has 0 N–H and O–H groups in total. The van der Waals surface area contributed by atoms with Crippen molar-refractivity contribution in [1.82, 2.24) is 0 Å². The minimum absolute atomic E-state index is 0.134. The van der Waals surface area contributed by atoms with Gasteiger partial charge in [-0.3, -0.25) is 14.4 Å². The number of hydrogen-bond acceptors (Lipinski definition) is 4. The fourth-order valence-corrected chi connectivity index (χ4v) is 3.78. The van der Waals surface area contributed by atoms with Gasteiger partial charge in [0.1, 0.15) is 11.2 Å². The predicted molar refractivity (Wildman–Crippen MR) is 85.1 cm³/mol. The molecule has 1 aromatic carbocycles. The number of rotatable bonds is 4. The molecule has 23 heavy (non-hydrogen) atoms. The number of ketones is 2. The van der Waals surface area contributed by atoms with Crippen LogP contribution in [0.4, 0.5) is 0 Å². The van der Waals surface area contributed by atoms with Crippen LogP contribution in [0.15, 0.2) is 24.3 Å². The summed E-state index contributed by atoms with van der Waals surface area (Å²) < 4.78 is 5.47. The molecule has 1 saturated carbocycles. The largest absolute Gasteiger partial charge is 0.465 e. The Balaban J connectivity index is 1.97. The van der Waals surface area contributed by atoms with E-state index in [1.165, 1.54) is 0 Å². The lowest BCUT2D eigenvalue weighted by Crippen LogP contribution is -2.45. The van der Waals surface area contributed by atoms with Crippen LogP contribution < -0.4 is 0 Å². The van der Waals surface area contributed by atoms with Gasteiger partial charge in [-0.25, -0.2) is 0 Å². The molecule has 3 rings (SSSR count). The lowest BCUT2D eigenvalue weighted by molar-refractivity contribution is -0.156. The smallest absolute Gasteiger partial charge is 0.320 e. The van der Waals surface area contributed by atoms with E-state index in [1.807, 2.05) is 32.0 Å². The Kier molecular flexibility index (Phi) is 4.09. The number of Topliss-reactive ketones (excluding diaryl/α,β-unsaturated/α-hetero) is 2. The summed E-state index contributed by atoms with van der Waals surface area (Å²) in [4.78, 5) is 37.7. The molecule has 2 aliphatic rings. The molecule has 0 saturated heterocycles. The number of fused-ring (bicyclic) bond motifs is 1. The molecule has 2 unspecified atom stereocenters. The van der Waals surface area contributed by atoms with Crippen LogP contribution in [0, 0.1) is 17.3 Å². The van der Waals surface area contributed by atoms with Gasteiger partial charge >= 0.3 is 5.97 Å². The van der Waals surface area contributed by atoms with Crippen molar-refractivity contribution in [2.45, 2.75) is 39.5 Å². The first-order chi connectivity index (χ1) is 10.9. The summed E-state index contributed by atoms with van der Waals surface area (Å²) in [5.41, 5.74) is 0.289. The summed E-state index contributed by atoms with van der Waals surface area (Å²) in [6, 6.07) is 7.35. The highest BCUT2D eigenvalue weighted by molar-refractivity contribution is 6.16. The number of esters is 1. The molecule has 0 radical (unpaired) electrons. The van der Waals surface area contributed by atoms with Gasteiger partial charge in [-0.1, -0.05) is 38.1 Å². The summed E-state index contributed by atoms with van der Waals surface area (Å²) in [6.45, 7) is 4.22. The standard InChI is InChI=1S/C19H22O4/c1-12(2)11-23-18(22)19(14-7-8-15(20)9-14)10-13-5-3-4-6-16(13)17(19)21/h3-6,12,14H,7-11H2,1-2H3. The first-order valence-electron chi connectivity index (χ1n) is 8.26. The Bertz CT molecular complexity index is 661. The van der Waals surface area contributed by atoms with E-state index in [9.17, 15) is 14.4 Å². The van der Waals surface area contributed by atoms with Crippen molar-refractivity contribution in [3.63, 3.8) is 0 Å². The van der Waals surface area contributed by atoms with Gasteiger partial charge in [0.25, 0.3) is 0 Å². The van der Waals surface area contributed by atoms with Crippen LogP contribution in [-0.2, 0) is 20.7 Å². The zero-order chi connectivity index (χ0) is 16.6. The van der Waals surface area contributed by atoms with Crippen LogP contribution in [0.2, 0.25) is 0 Å². The molecule has 0 bridgehead atoms. The maximum absolute atomic E-state index is 13.1. The van der Waals surface area contributed by atoms with Crippen molar-refractivity contribution < 1.29 is 19.1 Å². The molecule has 1 aromatic rings. The number of ether oxygens (including phenoxy) is 1. The summed E-state index contributed by atoms with van der Waals surface area (Å²) in [5.74, 6) is -0.516. The van der Waals surface area contributed by atoms with Crippen molar-refractivity contribution in [2.75, 3.05) is 6.61 Å². The molecule has 1 fully saturated rings. The molecule has 2 atom stereocenters. The van der Waals surface area contributed by atoms with E-state index in [-0.39, 0.29) is 23.4 Å². The molecule has 0 amide bonds. The normalized spacial score (nSPS) is 26.7. The summed E-state index contributed by atoms with van der Waals surface area (Å²) in [5, 5.41) is 0. The van der Waals surface area contributed by atoms with Crippen molar-refractivity contribution in [3.8, 4) is 0 Å². The maximum atomic E-state index is 13.1. The van der Waals surface area contributed by atoms with Crippen molar-refractivity contribution in [1.29, 1.82) is 0 Å². The second-order valence-corrected chi connectivity index (χ2v) is 7.11. The molecular weight excluding hydrogens is 292 g/mol. The minimum atomic E-state index is -1.20. The molecule has 122 valence electrons. The van der Waals surface area contributed by atoms with Gasteiger partial charge in [-0.05, 0) is 30.2 Å². The van der Waals surface area contributed by atoms with Crippen LogP contribution in [0.25, 0.3) is 0 Å². The van der Waals surface area contributed by atoms with Crippen LogP contribution in [0.5, 0.6) is 0 Å². The average molecular weight is 314 g/mol. The summed E-state index contributed by atoms with van der Waals surface area (Å²) in [6.07, 6.45) is 1.70. The number of carbonyl (C=O) groups is 3. The zero-order valence-corrected chi connectivity index (χ0v) is 13.6. The lowest BCUT2D eigenvalue weighted by Gasteiger charge is -2.31. The van der Waals surface area contributed by atoms with E-state index >= 15 is 0 Å². The molecule has 0 spiro atoms. The third-order valence-corrected chi connectivity index (χ3v) is 4.99.